The number of aromatic amines is 1. The molecule has 26 heavy (non-hydrogen) atoms. The van der Waals surface area contributed by atoms with Crippen LogP contribution in [-0.4, -0.2) is 90.5 Å². The number of hydrogen-bond acceptors (Lipinski definition) is 4. The highest BCUT2D eigenvalue weighted by molar-refractivity contribution is 6.07. The maximum atomic E-state index is 12.8. The Morgan fingerprint density at radius 1 is 1.23 bits per heavy atom. The first-order valence-electron chi connectivity index (χ1n) is 8.81. The number of rotatable bonds is 2. The predicted octanol–water partition coefficient (Wildman–Crippen LogP) is 0.781. The summed E-state index contributed by atoms with van der Waals surface area (Å²) in [5, 5.41) is 0.941. The molecule has 1 aromatic carbocycles. The van der Waals surface area contributed by atoms with Gasteiger partial charge in [-0.15, -0.1) is 0 Å². The van der Waals surface area contributed by atoms with Crippen LogP contribution in [0.5, 0.6) is 0 Å². The van der Waals surface area contributed by atoms with Crippen LogP contribution in [0.2, 0.25) is 0 Å². The lowest BCUT2D eigenvalue weighted by atomic mass is 9.90. The van der Waals surface area contributed by atoms with Crippen molar-refractivity contribution < 1.29 is 14.3 Å². The van der Waals surface area contributed by atoms with Crippen LogP contribution in [0.3, 0.4) is 0 Å². The molecule has 0 saturated carbocycles. The maximum absolute atomic E-state index is 12.8. The van der Waals surface area contributed by atoms with Crippen molar-refractivity contribution in [3.05, 3.63) is 36.0 Å². The molecule has 1 N–H and O–H groups in total. The SMILES string of the molecule is CN(C)C(=O)C1COC2(CN(C(=O)c3c[nH]c4ccccc34)C2)CN1C. The van der Waals surface area contributed by atoms with Gasteiger partial charge in [0.2, 0.25) is 5.91 Å². The second kappa shape index (κ2) is 6.10. The average molecular weight is 356 g/mol. The fourth-order valence-corrected chi connectivity index (χ4v) is 3.95. The van der Waals surface area contributed by atoms with E-state index >= 15 is 0 Å². The fraction of sp³-hybridized carbons (Fsp3) is 0.474. The minimum Gasteiger partial charge on any atom is -0.368 e. The number of amides is 2. The molecule has 7 heteroatoms. The third kappa shape index (κ3) is 2.68. The van der Waals surface area contributed by atoms with Crippen LogP contribution in [0.1, 0.15) is 10.4 Å². The Bertz CT molecular complexity index is 853. The zero-order valence-corrected chi connectivity index (χ0v) is 15.4. The molecule has 7 nitrogen and oxygen atoms in total. The molecule has 1 unspecified atom stereocenters. The van der Waals surface area contributed by atoms with Gasteiger partial charge in [0.25, 0.3) is 5.91 Å². The van der Waals surface area contributed by atoms with Crippen molar-refractivity contribution in [2.45, 2.75) is 11.6 Å². The third-order valence-corrected chi connectivity index (χ3v) is 5.41. The van der Waals surface area contributed by atoms with Crippen molar-refractivity contribution in [1.29, 1.82) is 0 Å². The summed E-state index contributed by atoms with van der Waals surface area (Å²) >= 11 is 0. The highest BCUT2D eigenvalue weighted by atomic mass is 16.5. The number of hydrogen-bond donors (Lipinski definition) is 1. The number of likely N-dealkylation sites (tertiary alicyclic amines) is 1. The summed E-state index contributed by atoms with van der Waals surface area (Å²) in [5.41, 5.74) is 1.30. The Morgan fingerprint density at radius 3 is 2.65 bits per heavy atom. The Hall–Kier alpha value is -2.38. The van der Waals surface area contributed by atoms with Gasteiger partial charge in [0.1, 0.15) is 11.6 Å². The van der Waals surface area contributed by atoms with E-state index < -0.39 is 0 Å². The van der Waals surface area contributed by atoms with Crippen molar-refractivity contribution >= 4 is 22.7 Å². The van der Waals surface area contributed by atoms with E-state index in [-0.39, 0.29) is 23.5 Å². The summed E-state index contributed by atoms with van der Waals surface area (Å²) in [6, 6.07) is 7.55. The first-order valence-corrected chi connectivity index (χ1v) is 8.81. The van der Waals surface area contributed by atoms with Crippen LogP contribution < -0.4 is 0 Å². The van der Waals surface area contributed by atoms with Crippen molar-refractivity contribution in [1.82, 2.24) is 19.7 Å². The fourth-order valence-electron chi connectivity index (χ4n) is 3.95. The molecule has 1 atom stereocenters. The van der Waals surface area contributed by atoms with Crippen molar-refractivity contribution in [3.8, 4) is 0 Å². The van der Waals surface area contributed by atoms with Gasteiger partial charge in [-0.3, -0.25) is 14.5 Å². The van der Waals surface area contributed by atoms with Gasteiger partial charge in [0.05, 0.1) is 25.3 Å². The highest BCUT2D eigenvalue weighted by Gasteiger charge is 2.51. The van der Waals surface area contributed by atoms with Gasteiger partial charge in [0, 0.05) is 37.7 Å². The number of para-hydroxylation sites is 1. The molecular weight excluding hydrogens is 332 g/mol. The number of nitrogens with zero attached hydrogens (tertiary/aromatic N) is 3. The zero-order chi connectivity index (χ0) is 18.5. The first-order chi connectivity index (χ1) is 12.4. The zero-order valence-electron chi connectivity index (χ0n) is 15.4. The monoisotopic (exact) mass is 356 g/mol. The van der Waals surface area contributed by atoms with Crippen LogP contribution in [0, 0.1) is 0 Å². The molecule has 2 amide bonds. The smallest absolute Gasteiger partial charge is 0.256 e. The van der Waals surface area contributed by atoms with E-state index in [2.05, 4.69) is 4.98 Å². The van der Waals surface area contributed by atoms with E-state index in [1.54, 1.807) is 25.2 Å². The second-order valence-electron chi connectivity index (χ2n) is 7.57. The minimum atomic E-state index is -0.361. The summed E-state index contributed by atoms with van der Waals surface area (Å²) in [4.78, 5) is 33.7. The molecule has 0 radical (unpaired) electrons. The van der Waals surface area contributed by atoms with Gasteiger partial charge in [-0.2, -0.15) is 0 Å². The van der Waals surface area contributed by atoms with Crippen LogP contribution >= 0.6 is 0 Å². The molecule has 2 aromatic rings. The standard InChI is InChI=1S/C19H24N4O3/c1-21(2)18(25)16-9-26-19(10-22(16)3)11-23(12-19)17(24)14-8-20-15-7-5-4-6-13(14)15/h4-8,16,20H,9-12H2,1-3H3. The van der Waals surface area contributed by atoms with E-state index in [9.17, 15) is 9.59 Å². The van der Waals surface area contributed by atoms with Gasteiger partial charge in [-0.1, -0.05) is 18.2 Å². The quantitative estimate of drug-likeness (QED) is 0.864. The maximum Gasteiger partial charge on any atom is 0.256 e. The second-order valence-corrected chi connectivity index (χ2v) is 7.57. The minimum absolute atomic E-state index is 0.0193. The van der Waals surface area contributed by atoms with Crippen molar-refractivity contribution in [2.75, 3.05) is 47.4 Å². The molecule has 3 heterocycles. The topological polar surface area (TPSA) is 68.9 Å². The molecule has 1 aromatic heterocycles. The van der Waals surface area contributed by atoms with Crippen molar-refractivity contribution in [2.24, 2.45) is 0 Å². The molecular formula is C19H24N4O3. The molecule has 1 spiro atoms. The molecule has 0 aliphatic carbocycles. The largest absolute Gasteiger partial charge is 0.368 e. The Kier molecular flexibility index (Phi) is 4.00. The number of ether oxygens (including phenoxy) is 1. The lowest BCUT2D eigenvalue weighted by Gasteiger charge is -2.54. The summed E-state index contributed by atoms with van der Waals surface area (Å²) < 4.78 is 6.05. The van der Waals surface area contributed by atoms with E-state index in [4.69, 9.17) is 4.74 Å². The number of fused-ring (bicyclic) bond motifs is 1. The van der Waals surface area contributed by atoms with Crippen LogP contribution in [-0.2, 0) is 9.53 Å². The molecule has 2 saturated heterocycles. The third-order valence-electron chi connectivity index (χ3n) is 5.41. The Morgan fingerprint density at radius 2 is 1.96 bits per heavy atom. The number of H-pyrrole nitrogens is 1. The highest BCUT2D eigenvalue weighted by Crippen LogP contribution is 2.32. The summed E-state index contributed by atoms with van der Waals surface area (Å²) in [6.07, 6.45) is 1.78. The summed E-state index contributed by atoms with van der Waals surface area (Å²) in [6.45, 7) is 2.12. The van der Waals surface area contributed by atoms with Gasteiger partial charge >= 0.3 is 0 Å². The molecule has 2 fully saturated rings. The average Bonchev–Trinajstić information content (AvgIpc) is 3.02. The van der Waals surface area contributed by atoms with E-state index in [0.29, 0.717) is 31.8 Å². The number of likely N-dealkylation sites (N-methyl/N-ethyl adjacent to an activating group) is 2. The predicted molar refractivity (Wildman–Crippen MR) is 98.0 cm³/mol. The molecule has 138 valence electrons. The van der Waals surface area contributed by atoms with Crippen LogP contribution in [0.25, 0.3) is 10.9 Å². The van der Waals surface area contributed by atoms with Crippen molar-refractivity contribution in [3.63, 3.8) is 0 Å². The number of nitrogens with one attached hydrogen (secondary N) is 1. The first kappa shape index (κ1) is 17.1. The number of morpholine rings is 1. The van der Waals surface area contributed by atoms with Gasteiger partial charge in [0.15, 0.2) is 0 Å². The Balaban J connectivity index is 1.42. The van der Waals surface area contributed by atoms with Gasteiger partial charge in [-0.05, 0) is 13.1 Å². The number of carbonyl (C=O) groups excluding carboxylic acids is 2. The van der Waals surface area contributed by atoms with E-state index in [1.165, 1.54) is 0 Å². The summed E-state index contributed by atoms with van der Waals surface area (Å²) in [7, 11) is 5.46. The normalized spacial score (nSPS) is 22.4. The lowest BCUT2D eigenvalue weighted by molar-refractivity contribution is -0.190. The van der Waals surface area contributed by atoms with Gasteiger partial charge in [-0.25, -0.2) is 0 Å². The Labute approximate surface area is 152 Å². The van der Waals surface area contributed by atoms with Crippen LogP contribution in [0.15, 0.2) is 30.5 Å². The number of aromatic nitrogens is 1. The van der Waals surface area contributed by atoms with E-state index in [0.717, 1.165) is 10.9 Å². The van der Waals surface area contributed by atoms with E-state index in [1.807, 2.05) is 41.1 Å². The summed E-state index contributed by atoms with van der Waals surface area (Å²) in [5.74, 6) is 0.0687. The molecule has 4 rings (SSSR count). The molecule has 2 aliphatic heterocycles. The lowest BCUT2D eigenvalue weighted by Crippen LogP contribution is -2.73. The molecule has 2 aliphatic rings. The van der Waals surface area contributed by atoms with Crippen LogP contribution in [0.4, 0.5) is 0 Å². The van der Waals surface area contributed by atoms with Gasteiger partial charge < -0.3 is 19.5 Å². The number of carbonyl (C=O) groups is 2. The molecule has 0 bridgehead atoms. The number of benzene rings is 1.